The fourth-order valence-electron chi connectivity index (χ4n) is 1.27. The number of hydrazone groups is 1. The molecule has 1 aliphatic rings. The van der Waals surface area contributed by atoms with E-state index < -0.39 is 5.91 Å². The number of nitrogens with two attached hydrogens (primary N) is 1. The van der Waals surface area contributed by atoms with Crippen molar-refractivity contribution in [3.8, 4) is 0 Å². The highest BCUT2D eigenvalue weighted by Crippen LogP contribution is 2.13. The second-order valence-electron chi connectivity index (χ2n) is 3.07. The molecule has 0 spiro atoms. The molecule has 0 aliphatic carbocycles. The molecule has 2 heterocycles. The lowest BCUT2D eigenvalue weighted by atomic mass is 10.2. The fourth-order valence-corrected chi connectivity index (χ4v) is 1.27. The molecule has 0 saturated carbocycles. The monoisotopic (exact) mass is 202 g/mol. The minimum absolute atomic E-state index is 0.364. The van der Waals surface area contributed by atoms with E-state index in [-0.39, 0.29) is 0 Å². The first-order chi connectivity index (χ1) is 7.27. The molecule has 2 N–H and O–H groups in total. The van der Waals surface area contributed by atoms with Crippen molar-refractivity contribution in [3.05, 3.63) is 36.0 Å². The Hall–Kier alpha value is -2.17. The van der Waals surface area contributed by atoms with Crippen LogP contribution in [0, 0.1) is 0 Å². The van der Waals surface area contributed by atoms with Gasteiger partial charge in [0.25, 0.3) is 0 Å². The maximum absolute atomic E-state index is 11.0. The summed E-state index contributed by atoms with van der Waals surface area (Å²) in [6, 6.07) is 5.50. The van der Waals surface area contributed by atoms with Gasteiger partial charge in [-0.3, -0.25) is 4.79 Å². The van der Waals surface area contributed by atoms with Crippen LogP contribution in [0.1, 0.15) is 0 Å². The van der Waals surface area contributed by atoms with E-state index in [0.717, 1.165) is 0 Å². The number of nitrogens with zero attached hydrogens (tertiary/aromatic N) is 3. The highest BCUT2D eigenvalue weighted by Gasteiger charge is 2.14. The number of allylic oxidation sites excluding steroid dienone is 1. The summed E-state index contributed by atoms with van der Waals surface area (Å²) in [7, 11) is 0. The molecule has 0 saturated heterocycles. The zero-order valence-electron chi connectivity index (χ0n) is 8.00. The van der Waals surface area contributed by atoms with Gasteiger partial charge in [-0.05, 0) is 18.2 Å². The quantitative estimate of drug-likeness (QED) is 0.749. The number of hydrogen-bond acceptors (Lipinski definition) is 4. The first kappa shape index (κ1) is 9.39. The van der Waals surface area contributed by atoms with Crippen LogP contribution in [0.25, 0.3) is 0 Å². The fraction of sp³-hybridized carbons (Fsp3) is 0.100. The van der Waals surface area contributed by atoms with Crippen LogP contribution in [0.4, 0.5) is 5.82 Å². The van der Waals surface area contributed by atoms with Gasteiger partial charge in [0.15, 0.2) is 0 Å². The Balaban J connectivity index is 2.19. The smallest absolute Gasteiger partial charge is 0.246 e. The molecular weight excluding hydrogens is 192 g/mol. The third-order valence-corrected chi connectivity index (χ3v) is 2.03. The van der Waals surface area contributed by atoms with Crippen molar-refractivity contribution in [1.82, 2.24) is 4.98 Å². The molecule has 0 unspecified atom stereocenters. The van der Waals surface area contributed by atoms with E-state index in [2.05, 4.69) is 10.1 Å². The van der Waals surface area contributed by atoms with E-state index in [9.17, 15) is 4.79 Å². The molecule has 1 aliphatic heterocycles. The third-order valence-electron chi connectivity index (χ3n) is 2.03. The Kier molecular flexibility index (Phi) is 2.45. The molecule has 0 aromatic carbocycles. The van der Waals surface area contributed by atoms with Crippen molar-refractivity contribution >= 4 is 17.9 Å². The lowest BCUT2D eigenvalue weighted by Gasteiger charge is -2.20. The van der Waals surface area contributed by atoms with Crippen LogP contribution in [-0.2, 0) is 4.79 Å². The number of aromatic nitrogens is 1. The van der Waals surface area contributed by atoms with E-state index in [4.69, 9.17) is 5.73 Å². The minimum atomic E-state index is -0.429. The van der Waals surface area contributed by atoms with E-state index in [0.29, 0.717) is 17.9 Å². The summed E-state index contributed by atoms with van der Waals surface area (Å²) < 4.78 is 0. The van der Waals surface area contributed by atoms with Crippen molar-refractivity contribution in [3.63, 3.8) is 0 Å². The molecule has 0 atom stereocenters. The number of carbonyl (C=O) groups excluding carboxylic acids is 1. The van der Waals surface area contributed by atoms with E-state index in [1.54, 1.807) is 17.3 Å². The van der Waals surface area contributed by atoms with Gasteiger partial charge in [0.2, 0.25) is 5.91 Å². The number of amides is 1. The molecule has 1 aromatic rings. The average molecular weight is 202 g/mol. The molecule has 0 radical (unpaired) electrons. The lowest BCUT2D eigenvalue weighted by molar-refractivity contribution is -0.114. The molecule has 1 amide bonds. The van der Waals surface area contributed by atoms with Crippen molar-refractivity contribution < 1.29 is 4.79 Å². The third kappa shape index (κ3) is 2.01. The number of primary amides is 1. The van der Waals surface area contributed by atoms with Gasteiger partial charge in [0.1, 0.15) is 5.82 Å². The normalized spacial score (nSPS) is 14.9. The van der Waals surface area contributed by atoms with Crippen LogP contribution in [-0.4, -0.2) is 23.7 Å². The Morgan fingerprint density at radius 3 is 3.00 bits per heavy atom. The van der Waals surface area contributed by atoms with E-state index in [1.807, 2.05) is 18.2 Å². The number of anilines is 1. The Labute approximate surface area is 86.9 Å². The summed E-state index contributed by atoms with van der Waals surface area (Å²) in [6.07, 6.45) is 4.83. The average Bonchev–Trinajstić information content (AvgIpc) is 2.30. The first-order valence-electron chi connectivity index (χ1n) is 4.49. The lowest BCUT2D eigenvalue weighted by Crippen LogP contribution is -2.29. The van der Waals surface area contributed by atoms with Gasteiger partial charge in [-0.2, -0.15) is 5.10 Å². The summed E-state index contributed by atoms with van der Waals surface area (Å²) in [5, 5.41) is 5.72. The van der Waals surface area contributed by atoms with Gasteiger partial charge in [0.05, 0.1) is 6.54 Å². The standard InChI is InChI=1S/C10H10N4O/c11-10(15)8-4-6-13-14(7-8)9-3-1-2-5-12-9/h1-6H,7H2,(H2,11,15). The number of hydrogen-bond donors (Lipinski definition) is 1. The molecule has 1 aromatic heterocycles. The highest BCUT2D eigenvalue weighted by molar-refractivity contribution is 5.98. The summed E-state index contributed by atoms with van der Waals surface area (Å²) in [4.78, 5) is 15.1. The first-order valence-corrected chi connectivity index (χ1v) is 4.49. The molecule has 76 valence electrons. The Morgan fingerprint density at radius 1 is 1.47 bits per heavy atom. The summed E-state index contributed by atoms with van der Waals surface area (Å²) in [6.45, 7) is 0.364. The van der Waals surface area contributed by atoms with Gasteiger partial charge in [0, 0.05) is 18.0 Å². The molecule has 0 fully saturated rings. The SMILES string of the molecule is NC(=O)C1=CC=NN(c2ccccn2)C1. The van der Waals surface area contributed by atoms with Crippen LogP contribution in [0.3, 0.4) is 0 Å². The van der Waals surface area contributed by atoms with E-state index in [1.165, 1.54) is 6.21 Å². The topological polar surface area (TPSA) is 71.6 Å². The molecule has 0 bridgehead atoms. The molecular formula is C10H10N4O. The maximum Gasteiger partial charge on any atom is 0.246 e. The van der Waals surface area contributed by atoms with Crippen LogP contribution in [0.5, 0.6) is 0 Å². The molecule has 5 nitrogen and oxygen atoms in total. The molecule has 5 heteroatoms. The van der Waals surface area contributed by atoms with E-state index >= 15 is 0 Å². The van der Waals surface area contributed by atoms with Crippen molar-refractivity contribution in [2.45, 2.75) is 0 Å². The maximum atomic E-state index is 11.0. The Bertz CT molecular complexity index is 424. The van der Waals surface area contributed by atoms with Gasteiger partial charge in [-0.15, -0.1) is 0 Å². The number of carbonyl (C=O) groups is 1. The molecule has 15 heavy (non-hydrogen) atoms. The predicted octanol–water partition coefficient (Wildman–Crippen LogP) is 0.299. The second-order valence-corrected chi connectivity index (χ2v) is 3.07. The minimum Gasteiger partial charge on any atom is -0.366 e. The zero-order valence-corrected chi connectivity index (χ0v) is 8.00. The second kappa shape index (κ2) is 3.91. The van der Waals surface area contributed by atoms with Gasteiger partial charge >= 0.3 is 0 Å². The van der Waals surface area contributed by atoms with Crippen molar-refractivity contribution in [1.29, 1.82) is 0 Å². The van der Waals surface area contributed by atoms with Gasteiger partial charge in [-0.25, -0.2) is 9.99 Å². The Morgan fingerprint density at radius 2 is 2.33 bits per heavy atom. The number of rotatable bonds is 2. The summed E-state index contributed by atoms with van der Waals surface area (Å²) in [5.74, 6) is 0.266. The summed E-state index contributed by atoms with van der Waals surface area (Å²) >= 11 is 0. The van der Waals surface area contributed by atoms with Crippen LogP contribution in [0.15, 0.2) is 41.1 Å². The van der Waals surface area contributed by atoms with Gasteiger partial charge in [-0.1, -0.05) is 6.07 Å². The van der Waals surface area contributed by atoms with Crippen molar-refractivity contribution in [2.24, 2.45) is 10.8 Å². The highest BCUT2D eigenvalue weighted by atomic mass is 16.1. The molecule has 2 rings (SSSR count). The summed E-state index contributed by atoms with van der Waals surface area (Å²) in [5.41, 5.74) is 5.72. The van der Waals surface area contributed by atoms with Crippen LogP contribution in [0.2, 0.25) is 0 Å². The zero-order chi connectivity index (χ0) is 10.7. The van der Waals surface area contributed by atoms with Crippen LogP contribution >= 0.6 is 0 Å². The largest absolute Gasteiger partial charge is 0.366 e. The van der Waals surface area contributed by atoms with Crippen LogP contribution < -0.4 is 10.7 Å². The van der Waals surface area contributed by atoms with Gasteiger partial charge < -0.3 is 5.73 Å². The predicted molar refractivity (Wildman–Crippen MR) is 57.4 cm³/mol. The number of pyridine rings is 1. The van der Waals surface area contributed by atoms with Crippen molar-refractivity contribution in [2.75, 3.05) is 11.6 Å².